The summed E-state index contributed by atoms with van der Waals surface area (Å²) >= 11 is 0. The first-order chi connectivity index (χ1) is 23.3. The molecule has 236 valence electrons. The smallest absolute Gasteiger partial charge is 0.149 e. The van der Waals surface area contributed by atoms with Crippen molar-refractivity contribution in [2.45, 2.75) is 39.5 Å². The zero-order chi connectivity index (χ0) is 33.1. The van der Waals surface area contributed by atoms with Crippen molar-refractivity contribution < 1.29 is 13.2 Å². The Labute approximate surface area is 278 Å². The van der Waals surface area contributed by atoms with E-state index in [0.717, 1.165) is 33.5 Å². The number of furan rings is 1. The molecule has 48 heavy (non-hydrogen) atoms. The lowest BCUT2D eigenvalue weighted by Gasteiger charge is -2.24. The molecule has 0 atom stereocenters. The standard InChI is InChI=1S/C43H34F2N2O/c1-25(2)32-21-28(27-13-6-5-7-14-27)22-33(26(3)4)41(32)47-39-20-11-10-19-38(39)46-43(47)31-17-12-16-30-35-23-37(45)34(24-40(35)48-42(30)31)29-15-8-9-18-36(29)44/h5-26H,1-4H3. The highest BCUT2D eigenvalue weighted by Gasteiger charge is 2.26. The van der Waals surface area contributed by atoms with Gasteiger partial charge in [-0.3, -0.25) is 4.57 Å². The molecule has 0 aliphatic heterocycles. The first-order valence-electron chi connectivity index (χ1n) is 16.4. The summed E-state index contributed by atoms with van der Waals surface area (Å²) in [7, 11) is 0. The summed E-state index contributed by atoms with van der Waals surface area (Å²) in [5.41, 5.74) is 10.0. The molecule has 0 aliphatic carbocycles. The average molecular weight is 633 g/mol. The molecule has 0 fully saturated rings. The van der Waals surface area contributed by atoms with E-state index in [0.29, 0.717) is 16.6 Å². The monoisotopic (exact) mass is 632 g/mol. The highest BCUT2D eigenvalue weighted by atomic mass is 19.1. The highest BCUT2D eigenvalue weighted by molar-refractivity contribution is 6.10. The quantitative estimate of drug-likeness (QED) is 0.183. The van der Waals surface area contributed by atoms with E-state index in [1.165, 1.54) is 34.4 Å². The Kier molecular flexibility index (Phi) is 7.21. The molecule has 2 aromatic heterocycles. The molecule has 0 spiro atoms. The molecule has 0 N–H and O–H groups in total. The van der Waals surface area contributed by atoms with Crippen molar-refractivity contribution in [3.63, 3.8) is 0 Å². The number of fused-ring (bicyclic) bond motifs is 4. The first kappa shape index (κ1) is 29.8. The number of para-hydroxylation sites is 3. The molecule has 0 bridgehead atoms. The zero-order valence-corrected chi connectivity index (χ0v) is 27.3. The predicted molar refractivity (Wildman–Crippen MR) is 193 cm³/mol. The first-order valence-corrected chi connectivity index (χ1v) is 16.4. The summed E-state index contributed by atoms with van der Waals surface area (Å²) in [5.74, 6) is 0.192. The van der Waals surface area contributed by atoms with Gasteiger partial charge in [0.2, 0.25) is 0 Å². The van der Waals surface area contributed by atoms with E-state index < -0.39 is 11.6 Å². The third kappa shape index (κ3) is 4.81. The number of nitrogens with zero attached hydrogens (tertiary/aromatic N) is 2. The fourth-order valence-corrected chi connectivity index (χ4v) is 6.93. The van der Waals surface area contributed by atoms with Gasteiger partial charge >= 0.3 is 0 Å². The van der Waals surface area contributed by atoms with Crippen molar-refractivity contribution in [3.05, 3.63) is 144 Å². The molecule has 8 aromatic rings. The average Bonchev–Trinajstić information content (AvgIpc) is 3.66. The summed E-state index contributed by atoms with van der Waals surface area (Å²) < 4.78 is 39.2. The van der Waals surface area contributed by atoms with Crippen LogP contribution in [0.25, 0.3) is 72.3 Å². The molecule has 6 aromatic carbocycles. The Morgan fingerprint density at radius 2 is 1.25 bits per heavy atom. The lowest BCUT2D eigenvalue weighted by atomic mass is 9.88. The second kappa shape index (κ2) is 11.6. The molecule has 0 saturated carbocycles. The fraction of sp³-hybridized carbons (Fsp3) is 0.140. The molecule has 0 amide bonds. The van der Waals surface area contributed by atoms with Crippen LogP contribution >= 0.6 is 0 Å². The predicted octanol–water partition coefficient (Wildman–Crippen LogP) is 12.5. The summed E-state index contributed by atoms with van der Waals surface area (Å²) in [6.45, 7) is 8.94. The lowest BCUT2D eigenvalue weighted by Crippen LogP contribution is -2.09. The van der Waals surface area contributed by atoms with Crippen molar-refractivity contribution >= 4 is 33.0 Å². The number of rotatable bonds is 6. The number of imidazole rings is 1. The van der Waals surface area contributed by atoms with Gasteiger partial charge in [0.15, 0.2) is 0 Å². The summed E-state index contributed by atoms with van der Waals surface area (Å²) in [4.78, 5) is 5.23. The van der Waals surface area contributed by atoms with Crippen LogP contribution in [-0.4, -0.2) is 9.55 Å². The normalized spacial score (nSPS) is 11.9. The van der Waals surface area contributed by atoms with Crippen LogP contribution in [0.1, 0.15) is 50.7 Å². The summed E-state index contributed by atoms with van der Waals surface area (Å²) in [5, 5.41) is 1.40. The molecule has 2 heterocycles. The van der Waals surface area contributed by atoms with Crippen LogP contribution < -0.4 is 0 Å². The van der Waals surface area contributed by atoms with Crippen LogP contribution in [0.5, 0.6) is 0 Å². The van der Waals surface area contributed by atoms with Gasteiger partial charge in [-0.1, -0.05) is 100 Å². The van der Waals surface area contributed by atoms with E-state index in [4.69, 9.17) is 9.40 Å². The van der Waals surface area contributed by atoms with Crippen molar-refractivity contribution in [1.29, 1.82) is 0 Å². The van der Waals surface area contributed by atoms with Gasteiger partial charge in [0.05, 0.1) is 22.3 Å². The van der Waals surface area contributed by atoms with Gasteiger partial charge in [-0.2, -0.15) is 0 Å². The Hall–Kier alpha value is -5.55. The topological polar surface area (TPSA) is 31.0 Å². The van der Waals surface area contributed by atoms with Gasteiger partial charge in [-0.05, 0) is 82.6 Å². The number of hydrogen-bond donors (Lipinski definition) is 0. The van der Waals surface area contributed by atoms with Crippen molar-refractivity contribution in [2.24, 2.45) is 0 Å². The third-order valence-electron chi connectivity index (χ3n) is 9.30. The molecule has 0 radical (unpaired) electrons. The van der Waals surface area contributed by atoms with Crippen LogP contribution in [0, 0.1) is 11.6 Å². The van der Waals surface area contributed by atoms with Crippen LogP contribution in [0.4, 0.5) is 8.78 Å². The van der Waals surface area contributed by atoms with Crippen molar-refractivity contribution in [1.82, 2.24) is 9.55 Å². The van der Waals surface area contributed by atoms with Gasteiger partial charge < -0.3 is 4.42 Å². The maximum absolute atomic E-state index is 15.6. The third-order valence-corrected chi connectivity index (χ3v) is 9.30. The highest BCUT2D eigenvalue weighted by Crippen LogP contribution is 2.43. The van der Waals surface area contributed by atoms with Gasteiger partial charge in [0.1, 0.15) is 28.6 Å². The molecule has 0 saturated heterocycles. The molecular weight excluding hydrogens is 598 g/mol. The number of halogens is 2. The fourth-order valence-electron chi connectivity index (χ4n) is 6.93. The molecule has 3 nitrogen and oxygen atoms in total. The largest absolute Gasteiger partial charge is 0.455 e. The Bertz CT molecular complexity index is 2460. The minimum atomic E-state index is -0.505. The van der Waals surface area contributed by atoms with Crippen LogP contribution in [-0.2, 0) is 0 Å². The van der Waals surface area contributed by atoms with Crippen molar-refractivity contribution in [3.8, 4) is 39.3 Å². The molecule has 8 rings (SSSR count). The maximum atomic E-state index is 15.6. The van der Waals surface area contributed by atoms with E-state index in [2.05, 4.69) is 74.7 Å². The Morgan fingerprint density at radius 3 is 1.98 bits per heavy atom. The van der Waals surface area contributed by atoms with Crippen LogP contribution in [0.3, 0.4) is 0 Å². The molecule has 0 unspecified atom stereocenters. The minimum absolute atomic E-state index is 0.162. The SMILES string of the molecule is CC(C)c1cc(-c2ccccc2)cc(C(C)C)c1-n1c(-c2cccc3c2oc2cc(-c4ccccc4F)c(F)cc23)nc2ccccc21. The Balaban J connectivity index is 1.42. The molecule has 0 aliphatic rings. The van der Waals surface area contributed by atoms with Gasteiger partial charge in [0.25, 0.3) is 0 Å². The van der Waals surface area contributed by atoms with E-state index in [1.54, 1.807) is 24.3 Å². The van der Waals surface area contributed by atoms with Crippen LogP contribution in [0.2, 0.25) is 0 Å². The van der Waals surface area contributed by atoms with E-state index >= 15 is 4.39 Å². The van der Waals surface area contributed by atoms with E-state index in [1.807, 2.05) is 42.5 Å². The van der Waals surface area contributed by atoms with Crippen molar-refractivity contribution in [2.75, 3.05) is 0 Å². The maximum Gasteiger partial charge on any atom is 0.149 e. The minimum Gasteiger partial charge on any atom is -0.455 e. The second-order valence-electron chi connectivity index (χ2n) is 13.0. The van der Waals surface area contributed by atoms with Crippen LogP contribution in [0.15, 0.2) is 126 Å². The number of benzene rings is 6. The number of aromatic nitrogens is 2. The zero-order valence-electron chi connectivity index (χ0n) is 27.3. The second-order valence-corrected chi connectivity index (χ2v) is 13.0. The lowest BCUT2D eigenvalue weighted by molar-refractivity contribution is 0.615. The van der Waals surface area contributed by atoms with Gasteiger partial charge in [0, 0.05) is 21.9 Å². The molecular formula is C43H34F2N2O. The van der Waals surface area contributed by atoms with E-state index in [-0.39, 0.29) is 23.0 Å². The summed E-state index contributed by atoms with van der Waals surface area (Å²) in [6.07, 6.45) is 0. The summed E-state index contributed by atoms with van der Waals surface area (Å²) in [6, 6.07) is 38.5. The van der Waals surface area contributed by atoms with Gasteiger partial charge in [-0.25, -0.2) is 13.8 Å². The Morgan fingerprint density at radius 1 is 0.583 bits per heavy atom. The van der Waals surface area contributed by atoms with Gasteiger partial charge in [-0.15, -0.1) is 0 Å². The van der Waals surface area contributed by atoms with E-state index in [9.17, 15) is 4.39 Å². The molecule has 5 heteroatoms. The number of hydrogen-bond acceptors (Lipinski definition) is 2.